The highest BCUT2D eigenvalue weighted by atomic mass is 127. The third-order valence-electron chi connectivity index (χ3n) is 5.80. The van der Waals surface area contributed by atoms with Crippen LogP contribution in [-0.2, 0) is 4.74 Å². The van der Waals surface area contributed by atoms with Crippen LogP contribution >= 0.6 is 22.6 Å². The van der Waals surface area contributed by atoms with Gasteiger partial charge in [-0.3, -0.25) is 9.36 Å². The van der Waals surface area contributed by atoms with Crippen LogP contribution in [0.15, 0.2) is 78.2 Å². The summed E-state index contributed by atoms with van der Waals surface area (Å²) >= 11 is 2.06. The molecule has 0 aliphatic carbocycles. The van der Waals surface area contributed by atoms with Crippen LogP contribution in [0.2, 0.25) is 0 Å². The molecule has 3 N–H and O–H groups in total. The molecule has 3 aromatic rings. The van der Waals surface area contributed by atoms with Crippen molar-refractivity contribution in [3.63, 3.8) is 0 Å². The zero-order chi connectivity index (χ0) is 29.1. The molecule has 0 radical (unpaired) electrons. The summed E-state index contributed by atoms with van der Waals surface area (Å²) in [6.45, 7) is 10.5. The van der Waals surface area contributed by atoms with Gasteiger partial charge in [-0.2, -0.15) is 4.98 Å². The predicted octanol–water partition coefficient (Wildman–Crippen LogP) is 5.60. The molecular weight excluding hydrogens is 621 g/mol. The zero-order valence-corrected chi connectivity index (χ0v) is 25.2. The molecular formula is C30H36IN5O4. The number of aromatic nitrogens is 2. The normalized spacial score (nSPS) is 11.9. The number of nitrogens with one attached hydrogen (secondary N) is 3. The molecule has 1 heterocycles. The Bertz CT molecular complexity index is 1350. The predicted molar refractivity (Wildman–Crippen MR) is 166 cm³/mol. The minimum absolute atomic E-state index is 0.0825. The summed E-state index contributed by atoms with van der Waals surface area (Å²) in [6.07, 6.45) is 5.58. The third kappa shape index (κ3) is 9.60. The Morgan fingerprint density at radius 2 is 1.80 bits per heavy atom. The van der Waals surface area contributed by atoms with Gasteiger partial charge >= 0.3 is 11.8 Å². The van der Waals surface area contributed by atoms with E-state index in [0.29, 0.717) is 27.9 Å². The first kappa shape index (κ1) is 31.0. The smallest absolute Gasteiger partial charge is 0.407 e. The maximum atomic E-state index is 12.8. The van der Waals surface area contributed by atoms with Crippen molar-refractivity contribution in [3.8, 4) is 5.69 Å². The van der Waals surface area contributed by atoms with Crippen LogP contribution in [0.5, 0.6) is 0 Å². The number of hydrogen-bond donors (Lipinski definition) is 3. The second-order valence-electron chi connectivity index (χ2n) is 10.2. The fourth-order valence-corrected chi connectivity index (χ4v) is 4.42. The van der Waals surface area contributed by atoms with Crippen molar-refractivity contribution >= 4 is 40.4 Å². The van der Waals surface area contributed by atoms with Crippen molar-refractivity contribution in [1.29, 1.82) is 0 Å². The first-order valence-corrected chi connectivity index (χ1v) is 14.2. The van der Waals surface area contributed by atoms with Gasteiger partial charge in [-0.05, 0) is 99.0 Å². The maximum absolute atomic E-state index is 12.8. The number of benzene rings is 2. The van der Waals surface area contributed by atoms with Crippen molar-refractivity contribution in [2.24, 2.45) is 0 Å². The van der Waals surface area contributed by atoms with Gasteiger partial charge in [0.25, 0.3) is 5.91 Å². The van der Waals surface area contributed by atoms with Gasteiger partial charge in [0.05, 0.1) is 9.26 Å². The molecule has 9 nitrogen and oxygen atoms in total. The van der Waals surface area contributed by atoms with Crippen molar-refractivity contribution in [2.45, 2.75) is 51.7 Å². The Labute approximate surface area is 248 Å². The SMILES string of the molecule is C=CCC[C@H](NCCCNC(=O)OC(C)(C)C)c1ccc(-n2cc(I)c(NC(=O)c3ccccc3)nc2=O)cc1. The van der Waals surface area contributed by atoms with Crippen LogP contribution in [0.25, 0.3) is 5.69 Å². The third-order valence-corrected chi connectivity index (χ3v) is 6.59. The molecule has 0 spiro atoms. The topological polar surface area (TPSA) is 114 Å². The Hall–Kier alpha value is -3.51. The molecule has 1 aromatic heterocycles. The summed E-state index contributed by atoms with van der Waals surface area (Å²) in [4.78, 5) is 41.3. The molecule has 0 aliphatic heterocycles. The standard InChI is InChI=1S/C30H36IN5O4/c1-5-6-13-25(32-18-10-19-33-29(39)40-30(2,3)4)21-14-16-23(17-15-21)36-20-24(31)26(35-28(36)38)34-27(37)22-11-8-7-9-12-22/h5,7-9,11-12,14-17,20,25,32H,1,6,10,13,18-19H2,2-4H3,(H,33,39)(H,34,35,37,38)/t25-/m0/s1. The summed E-state index contributed by atoms with van der Waals surface area (Å²) in [7, 11) is 0. The first-order chi connectivity index (χ1) is 19.1. The first-order valence-electron chi connectivity index (χ1n) is 13.1. The average molecular weight is 658 g/mol. The summed E-state index contributed by atoms with van der Waals surface area (Å²) in [5.74, 6) is -0.103. The minimum atomic E-state index is -0.524. The van der Waals surface area contributed by atoms with Crippen LogP contribution in [0.3, 0.4) is 0 Å². The number of hydrogen-bond acceptors (Lipinski definition) is 6. The Kier molecular flexibility index (Phi) is 11.4. The summed E-state index contributed by atoms with van der Waals surface area (Å²) < 4.78 is 7.36. The molecule has 0 saturated carbocycles. The van der Waals surface area contributed by atoms with Gasteiger partial charge in [-0.15, -0.1) is 6.58 Å². The van der Waals surface area contributed by atoms with Gasteiger partial charge in [-0.1, -0.05) is 36.4 Å². The van der Waals surface area contributed by atoms with Crippen LogP contribution in [-0.4, -0.2) is 40.2 Å². The van der Waals surface area contributed by atoms with E-state index in [9.17, 15) is 14.4 Å². The summed E-state index contributed by atoms with van der Waals surface area (Å²) in [5.41, 5.74) is 1.22. The van der Waals surface area contributed by atoms with Gasteiger partial charge in [0.15, 0.2) is 5.82 Å². The number of allylic oxidation sites excluding steroid dienone is 1. The highest BCUT2D eigenvalue weighted by molar-refractivity contribution is 14.1. The van der Waals surface area contributed by atoms with Gasteiger partial charge in [-0.25, -0.2) is 9.59 Å². The van der Waals surface area contributed by atoms with E-state index in [0.717, 1.165) is 24.8 Å². The summed E-state index contributed by atoms with van der Waals surface area (Å²) in [6, 6.07) is 16.6. The molecule has 10 heteroatoms. The molecule has 0 unspecified atom stereocenters. The largest absolute Gasteiger partial charge is 0.444 e. The average Bonchev–Trinajstić information content (AvgIpc) is 2.91. The monoisotopic (exact) mass is 657 g/mol. The maximum Gasteiger partial charge on any atom is 0.407 e. The minimum Gasteiger partial charge on any atom is -0.444 e. The molecule has 2 aromatic carbocycles. The van der Waals surface area contributed by atoms with Gasteiger partial charge in [0.2, 0.25) is 0 Å². The number of alkyl carbamates (subject to hydrolysis) is 1. The number of amides is 2. The van der Waals surface area contributed by atoms with Crippen LogP contribution in [0.1, 0.15) is 62.0 Å². The molecule has 212 valence electrons. The second-order valence-corrected chi connectivity index (χ2v) is 11.3. The molecule has 2 amide bonds. The number of ether oxygens (including phenoxy) is 1. The second kappa shape index (κ2) is 14.8. The highest BCUT2D eigenvalue weighted by Crippen LogP contribution is 2.21. The molecule has 0 aliphatic rings. The van der Waals surface area contributed by atoms with Gasteiger partial charge in [0, 0.05) is 24.3 Å². The van der Waals surface area contributed by atoms with Crippen molar-refractivity contribution in [2.75, 3.05) is 18.4 Å². The molecule has 0 saturated heterocycles. The van der Waals surface area contributed by atoms with Crippen LogP contribution in [0.4, 0.5) is 10.6 Å². The molecule has 0 fully saturated rings. The van der Waals surface area contributed by atoms with E-state index in [1.165, 1.54) is 4.57 Å². The number of rotatable bonds is 12. The fraction of sp³-hybridized carbons (Fsp3) is 0.333. The van der Waals surface area contributed by atoms with Crippen molar-refractivity contribution in [1.82, 2.24) is 20.2 Å². The lowest BCUT2D eigenvalue weighted by molar-refractivity contribution is 0.0527. The Balaban J connectivity index is 1.64. The number of carbonyl (C=O) groups excluding carboxylic acids is 2. The number of anilines is 1. The lowest BCUT2D eigenvalue weighted by Gasteiger charge is -2.21. The number of halogens is 1. The molecule has 40 heavy (non-hydrogen) atoms. The van der Waals surface area contributed by atoms with Crippen molar-refractivity contribution in [3.05, 3.63) is 98.6 Å². The quantitative estimate of drug-likeness (QED) is 0.133. The zero-order valence-electron chi connectivity index (χ0n) is 23.1. The molecule has 1 atom stereocenters. The van der Waals surface area contributed by atoms with E-state index in [1.807, 2.05) is 57.2 Å². The molecule has 0 bridgehead atoms. The Morgan fingerprint density at radius 3 is 2.45 bits per heavy atom. The highest BCUT2D eigenvalue weighted by Gasteiger charge is 2.16. The van der Waals surface area contributed by atoms with E-state index in [2.05, 4.69) is 50.1 Å². The van der Waals surface area contributed by atoms with Crippen LogP contribution < -0.4 is 21.6 Å². The van der Waals surface area contributed by atoms with E-state index in [-0.39, 0.29) is 17.8 Å². The van der Waals surface area contributed by atoms with E-state index >= 15 is 0 Å². The lowest BCUT2D eigenvalue weighted by atomic mass is 10.0. The number of nitrogens with zero attached hydrogens (tertiary/aromatic N) is 2. The van der Waals surface area contributed by atoms with Gasteiger partial charge < -0.3 is 20.7 Å². The lowest BCUT2D eigenvalue weighted by Crippen LogP contribution is -2.34. The van der Waals surface area contributed by atoms with Crippen LogP contribution in [0, 0.1) is 3.57 Å². The van der Waals surface area contributed by atoms with E-state index in [1.54, 1.807) is 30.5 Å². The van der Waals surface area contributed by atoms with E-state index < -0.39 is 17.4 Å². The Morgan fingerprint density at radius 1 is 1.10 bits per heavy atom. The van der Waals surface area contributed by atoms with Crippen molar-refractivity contribution < 1.29 is 14.3 Å². The summed E-state index contributed by atoms with van der Waals surface area (Å²) in [5, 5.41) is 9.04. The molecule has 3 rings (SSSR count). The van der Waals surface area contributed by atoms with E-state index in [4.69, 9.17) is 4.74 Å². The number of carbonyl (C=O) groups is 2. The fourth-order valence-electron chi connectivity index (χ4n) is 3.88. The van der Waals surface area contributed by atoms with Gasteiger partial charge in [0.1, 0.15) is 5.60 Å².